The van der Waals surface area contributed by atoms with E-state index >= 15 is 0 Å². The number of Topliss-reactive ketones (excluding diaryl/α,β-unsaturated/α-hetero) is 1. The van der Waals surface area contributed by atoms with E-state index in [1.165, 1.54) is 44.9 Å². The summed E-state index contributed by atoms with van der Waals surface area (Å²) in [5.41, 5.74) is 0. The summed E-state index contributed by atoms with van der Waals surface area (Å²) >= 11 is 0. The predicted octanol–water partition coefficient (Wildman–Crippen LogP) is 3.72. The summed E-state index contributed by atoms with van der Waals surface area (Å²) in [4.78, 5) is 11.3. The third kappa shape index (κ3) is 3.93. The topological polar surface area (TPSA) is 17.1 Å². The van der Waals surface area contributed by atoms with Crippen molar-refractivity contribution >= 4 is 5.78 Å². The Hall–Kier alpha value is -0.330. The number of unbranched alkanes of at least 4 members (excludes halogenated alkanes) is 4. The summed E-state index contributed by atoms with van der Waals surface area (Å²) < 4.78 is 0. The van der Waals surface area contributed by atoms with Crippen LogP contribution in [0.1, 0.15) is 64.7 Å². The van der Waals surface area contributed by atoms with Crippen LogP contribution in [0.25, 0.3) is 0 Å². The molecular weight excluding hydrogens is 160 g/mol. The van der Waals surface area contributed by atoms with Gasteiger partial charge in [0.15, 0.2) is 0 Å². The molecule has 0 unspecified atom stereocenters. The Labute approximate surface area is 81.9 Å². The Balaban J connectivity index is 1.96. The van der Waals surface area contributed by atoms with E-state index < -0.39 is 0 Å². The molecule has 1 rings (SSSR count). The van der Waals surface area contributed by atoms with Crippen LogP contribution in [0.15, 0.2) is 0 Å². The van der Waals surface area contributed by atoms with E-state index in [2.05, 4.69) is 6.92 Å². The first-order valence-corrected chi connectivity index (χ1v) is 5.87. The van der Waals surface area contributed by atoms with E-state index in [1.54, 1.807) is 0 Å². The maximum atomic E-state index is 11.3. The number of rotatable bonds is 6. The first-order valence-electron chi connectivity index (χ1n) is 5.87. The lowest BCUT2D eigenvalue weighted by Crippen LogP contribution is -2.05. The highest BCUT2D eigenvalue weighted by Crippen LogP contribution is 2.26. The SMILES string of the molecule is CCCCCCC[C@H]1CCCC1=O. The molecule has 1 nitrogen and oxygen atoms in total. The van der Waals surface area contributed by atoms with Crippen LogP contribution in [0.3, 0.4) is 0 Å². The highest BCUT2D eigenvalue weighted by molar-refractivity contribution is 5.82. The fourth-order valence-electron chi connectivity index (χ4n) is 2.19. The molecule has 0 N–H and O–H groups in total. The van der Waals surface area contributed by atoms with E-state index in [4.69, 9.17) is 0 Å². The molecular formula is C12H22O. The van der Waals surface area contributed by atoms with Crippen molar-refractivity contribution in [1.82, 2.24) is 0 Å². The minimum Gasteiger partial charge on any atom is -0.299 e. The van der Waals surface area contributed by atoms with Crippen molar-refractivity contribution in [3.63, 3.8) is 0 Å². The van der Waals surface area contributed by atoms with Crippen molar-refractivity contribution in [3.8, 4) is 0 Å². The van der Waals surface area contributed by atoms with Gasteiger partial charge in [-0.25, -0.2) is 0 Å². The second kappa shape index (κ2) is 6.17. The van der Waals surface area contributed by atoms with Crippen LogP contribution >= 0.6 is 0 Å². The molecule has 1 atom stereocenters. The fraction of sp³-hybridized carbons (Fsp3) is 0.917. The average molecular weight is 182 g/mol. The van der Waals surface area contributed by atoms with Crippen molar-refractivity contribution in [2.75, 3.05) is 0 Å². The number of carbonyl (C=O) groups is 1. The highest BCUT2D eigenvalue weighted by Gasteiger charge is 2.23. The van der Waals surface area contributed by atoms with Crippen molar-refractivity contribution in [2.45, 2.75) is 64.7 Å². The molecule has 0 aromatic rings. The van der Waals surface area contributed by atoms with Crippen LogP contribution in [0.4, 0.5) is 0 Å². The lowest BCUT2D eigenvalue weighted by molar-refractivity contribution is -0.120. The van der Waals surface area contributed by atoms with Gasteiger partial charge in [-0.3, -0.25) is 4.79 Å². The summed E-state index contributed by atoms with van der Waals surface area (Å²) in [7, 11) is 0. The van der Waals surface area contributed by atoms with Gasteiger partial charge in [-0.1, -0.05) is 39.0 Å². The Morgan fingerprint density at radius 2 is 2.00 bits per heavy atom. The van der Waals surface area contributed by atoms with Crippen LogP contribution in [0.5, 0.6) is 0 Å². The fourth-order valence-corrected chi connectivity index (χ4v) is 2.19. The number of hydrogen-bond acceptors (Lipinski definition) is 1. The number of hydrogen-bond donors (Lipinski definition) is 0. The maximum absolute atomic E-state index is 11.3. The van der Waals surface area contributed by atoms with Crippen molar-refractivity contribution in [1.29, 1.82) is 0 Å². The van der Waals surface area contributed by atoms with Gasteiger partial charge in [-0.2, -0.15) is 0 Å². The summed E-state index contributed by atoms with van der Waals surface area (Å²) in [6, 6.07) is 0. The van der Waals surface area contributed by atoms with E-state index in [0.717, 1.165) is 12.8 Å². The van der Waals surface area contributed by atoms with E-state index in [9.17, 15) is 4.79 Å². The van der Waals surface area contributed by atoms with Gasteiger partial charge in [-0.15, -0.1) is 0 Å². The van der Waals surface area contributed by atoms with Crippen molar-refractivity contribution in [3.05, 3.63) is 0 Å². The molecule has 0 amide bonds. The quantitative estimate of drug-likeness (QED) is 0.572. The number of carbonyl (C=O) groups excluding carboxylic acids is 1. The average Bonchev–Trinajstić information content (AvgIpc) is 2.52. The third-order valence-electron chi connectivity index (χ3n) is 3.09. The summed E-state index contributed by atoms with van der Waals surface area (Å²) in [5, 5.41) is 0. The second-order valence-corrected chi connectivity index (χ2v) is 4.26. The molecule has 0 saturated heterocycles. The molecule has 0 aliphatic heterocycles. The molecule has 0 spiro atoms. The van der Waals surface area contributed by atoms with E-state index in [0.29, 0.717) is 11.7 Å². The number of ketones is 1. The molecule has 0 aromatic heterocycles. The molecule has 1 aliphatic carbocycles. The Morgan fingerprint density at radius 3 is 2.62 bits per heavy atom. The largest absolute Gasteiger partial charge is 0.299 e. The maximum Gasteiger partial charge on any atom is 0.135 e. The smallest absolute Gasteiger partial charge is 0.135 e. The summed E-state index contributed by atoms with van der Waals surface area (Å²) in [6.45, 7) is 2.24. The molecule has 1 aliphatic rings. The van der Waals surface area contributed by atoms with E-state index in [-0.39, 0.29) is 0 Å². The van der Waals surface area contributed by atoms with E-state index in [1.807, 2.05) is 0 Å². The molecule has 1 saturated carbocycles. The van der Waals surface area contributed by atoms with Gasteiger partial charge in [-0.05, 0) is 19.3 Å². The predicted molar refractivity (Wildman–Crippen MR) is 55.7 cm³/mol. The molecule has 76 valence electrons. The van der Waals surface area contributed by atoms with Gasteiger partial charge in [0.2, 0.25) is 0 Å². The van der Waals surface area contributed by atoms with Gasteiger partial charge in [0, 0.05) is 12.3 Å². The Kier molecular flexibility index (Phi) is 5.10. The minimum absolute atomic E-state index is 0.446. The van der Waals surface area contributed by atoms with Gasteiger partial charge >= 0.3 is 0 Å². The normalized spacial score (nSPS) is 22.5. The molecule has 0 bridgehead atoms. The van der Waals surface area contributed by atoms with Gasteiger partial charge in [0.1, 0.15) is 5.78 Å². The van der Waals surface area contributed by atoms with Gasteiger partial charge in [0.25, 0.3) is 0 Å². The standard InChI is InChI=1S/C12H22O/c1-2-3-4-5-6-8-11-9-7-10-12(11)13/h11H,2-10H2,1H3/t11-/m0/s1. The summed E-state index contributed by atoms with van der Waals surface area (Å²) in [5.74, 6) is 0.983. The minimum atomic E-state index is 0.446. The zero-order valence-corrected chi connectivity index (χ0v) is 8.85. The molecule has 13 heavy (non-hydrogen) atoms. The lowest BCUT2D eigenvalue weighted by Gasteiger charge is -2.06. The second-order valence-electron chi connectivity index (χ2n) is 4.26. The molecule has 0 aromatic carbocycles. The zero-order chi connectivity index (χ0) is 9.52. The molecule has 0 heterocycles. The highest BCUT2D eigenvalue weighted by atomic mass is 16.1. The third-order valence-corrected chi connectivity index (χ3v) is 3.09. The van der Waals surface area contributed by atoms with Crippen molar-refractivity contribution < 1.29 is 4.79 Å². The van der Waals surface area contributed by atoms with Crippen LogP contribution in [-0.4, -0.2) is 5.78 Å². The zero-order valence-electron chi connectivity index (χ0n) is 8.85. The molecule has 1 heteroatoms. The first-order chi connectivity index (χ1) is 6.34. The summed E-state index contributed by atoms with van der Waals surface area (Å²) in [6.07, 6.45) is 11.0. The van der Waals surface area contributed by atoms with Gasteiger partial charge < -0.3 is 0 Å². The van der Waals surface area contributed by atoms with Crippen LogP contribution < -0.4 is 0 Å². The van der Waals surface area contributed by atoms with Gasteiger partial charge in [0.05, 0.1) is 0 Å². The first kappa shape index (κ1) is 10.7. The Bertz CT molecular complexity index is 151. The van der Waals surface area contributed by atoms with Crippen LogP contribution in [0.2, 0.25) is 0 Å². The Morgan fingerprint density at radius 1 is 1.23 bits per heavy atom. The molecule has 1 fully saturated rings. The lowest BCUT2D eigenvalue weighted by atomic mass is 9.98. The van der Waals surface area contributed by atoms with Crippen molar-refractivity contribution in [2.24, 2.45) is 5.92 Å². The molecule has 0 radical (unpaired) electrons. The monoisotopic (exact) mass is 182 g/mol. The van der Waals surface area contributed by atoms with Crippen LogP contribution in [-0.2, 0) is 4.79 Å². The van der Waals surface area contributed by atoms with Crippen LogP contribution in [0, 0.1) is 5.92 Å².